The van der Waals surface area contributed by atoms with E-state index in [9.17, 15) is 0 Å². The Kier molecular flexibility index (Phi) is 6.39. The van der Waals surface area contributed by atoms with Crippen molar-refractivity contribution >= 4 is 22.1 Å². The van der Waals surface area contributed by atoms with Gasteiger partial charge in [0.1, 0.15) is 5.58 Å². The van der Waals surface area contributed by atoms with Gasteiger partial charge in [-0.25, -0.2) is 15.0 Å². The first-order valence-electron chi connectivity index (χ1n) is 14.4. The summed E-state index contributed by atoms with van der Waals surface area (Å²) in [5.41, 5.74) is 9.13. The standard InChI is InChI=1S/C39H25N3O2/c1-3-11-26(12-4-1)28-15-7-16-29(23-28)34-20-9-21-36(41-34)43-37-25-30(24-35(42-37)27-13-5-2-6-14-27)31-17-8-18-32-33-19-10-22-40-39(33)44-38(31)32/h1-25H. The van der Waals surface area contributed by atoms with Gasteiger partial charge in [0.05, 0.1) is 11.4 Å². The lowest BCUT2D eigenvalue weighted by molar-refractivity contribution is 0.446. The molecular weight excluding hydrogens is 542 g/mol. The molecule has 0 fully saturated rings. The van der Waals surface area contributed by atoms with Crippen LogP contribution in [0.4, 0.5) is 0 Å². The van der Waals surface area contributed by atoms with Gasteiger partial charge in [-0.2, -0.15) is 0 Å². The molecule has 0 N–H and O–H groups in total. The molecule has 44 heavy (non-hydrogen) atoms. The van der Waals surface area contributed by atoms with Crippen LogP contribution >= 0.6 is 0 Å². The molecule has 0 radical (unpaired) electrons. The Hall–Kier alpha value is -6.07. The molecule has 0 unspecified atom stereocenters. The number of aromatic nitrogens is 3. The van der Waals surface area contributed by atoms with Gasteiger partial charge in [-0.05, 0) is 47.0 Å². The van der Waals surface area contributed by atoms with E-state index in [1.54, 1.807) is 6.20 Å². The zero-order valence-corrected chi connectivity index (χ0v) is 23.6. The number of hydrogen-bond acceptors (Lipinski definition) is 5. The van der Waals surface area contributed by atoms with Crippen LogP contribution in [0.5, 0.6) is 11.8 Å². The minimum Gasteiger partial charge on any atom is -0.437 e. The number of furan rings is 1. The van der Waals surface area contributed by atoms with E-state index in [1.807, 2.05) is 91.0 Å². The molecule has 5 heteroatoms. The molecule has 0 saturated carbocycles. The molecule has 0 spiro atoms. The Balaban J connectivity index is 1.21. The normalized spacial score (nSPS) is 11.2. The molecule has 8 rings (SSSR count). The Morgan fingerprint density at radius 2 is 1.16 bits per heavy atom. The summed E-state index contributed by atoms with van der Waals surface area (Å²) in [6.45, 7) is 0. The largest absolute Gasteiger partial charge is 0.437 e. The number of benzene rings is 4. The van der Waals surface area contributed by atoms with Crippen molar-refractivity contribution in [3.8, 4) is 56.5 Å². The molecule has 0 aliphatic carbocycles. The molecule has 0 aliphatic heterocycles. The second-order valence-electron chi connectivity index (χ2n) is 10.5. The van der Waals surface area contributed by atoms with Gasteiger partial charge in [0.25, 0.3) is 0 Å². The SMILES string of the molecule is c1ccc(-c2cccc(-c3cccc(Oc4cc(-c5cccc6c5oc5ncccc56)cc(-c5ccccc5)n4)n3)c2)cc1. The van der Waals surface area contributed by atoms with Gasteiger partial charge in [0.2, 0.25) is 17.5 Å². The molecule has 8 aromatic rings. The third-order valence-electron chi connectivity index (χ3n) is 7.66. The van der Waals surface area contributed by atoms with Crippen LogP contribution < -0.4 is 4.74 Å². The molecule has 0 saturated heterocycles. The Morgan fingerprint density at radius 1 is 0.455 bits per heavy atom. The molecule has 5 nitrogen and oxygen atoms in total. The highest BCUT2D eigenvalue weighted by Crippen LogP contribution is 2.38. The van der Waals surface area contributed by atoms with Gasteiger partial charge < -0.3 is 9.15 Å². The Morgan fingerprint density at radius 3 is 2.02 bits per heavy atom. The van der Waals surface area contributed by atoms with Gasteiger partial charge in [-0.1, -0.05) is 103 Å². The van der Waals surface area contributed by atoms with Crippen molar-refractivity contribution in [2.45, 2.75) is 0 Å². The molecule has 4 aromatic heterocycles. The van der Waals surface area contributed by atoms with Crippen molar-refractivity contribution in [1.29, 1.82) is 0 Å². The van der Waals surface area contributed by atoms with Crippen LogP contribution in [0.3, 0.4) is 0 Å². The van der Waals surface area contributed by atoms with Gasteiger partial charge in [0.15, 0.2) is 0 Å². The minimum absolute atomic E-state index is 0.440. The number of para-hydroxylation sites is 1. The fourth-order valence-electron chi connectivity index (χ4n) is 5.56. The maximum Gasteiger partial charge on any atom is 0.227 e. The molecule has 208 valence electrons. The summed E-state index contributed by atoms with van der Waals surface area (Å²) in [6, 6.07) is 48.7. The Bertz CT molecular complexity index is 2260. The lowest BCUT2D eigenvalue weighted by Crippen LogP contribution is -1.95. The summed E-state index contributed by atoms with van der Waals surface area (Å²) in [4.78, 5) is 14.2. The first kappa shape index (κ1) is 25.6. The van der Waals surface area contributed by atoms with Crippen LogP contribution in [-0.4, -0.2) is 15.0 Å². The maximum atomic E-state index is 6.39. The van der Waals surface area contributed by atoms with Crippen LogP contribution in [-0.2, 0) is 0 Å². The molecular formula is C39H25N3O2. The molecule has 0 amide bonds. The molecule has 0 aliphatic rings. The fourth-order valence-corrected chi connectivity index (χ4v) is 5.56. The van der Waals surface area contributed by atoms with Gasteiger partial charge in [-0.15, -0.1) is 0 Å². The Labute approximate surface area is 254 Å². The molecule has 0 atom stereocenters. The topological polar surface area (TPSA) is 61.0 Å². The maximum absolute atomic E-state index is 6.39. The highest BCUT2D eigenvalue weighted by atomic mass is 16.5. The number of pyridine rings is 3. The summed E-state index contributed by atoms with van der Waals surface area (Å²) < 4.78 is 12.6. The summed E-state index contributed by atoms with van der Waals surface area (Å²) >= 11 is 0. The second-order valence-corrected chi connectivity index (χ2v) is 10.5. The van der Waals surface area contributed by atoms with Gasteiger partial charge in [0, 0.05) is 45.8 Å². The van der Waals surface area contributed by atoms with E-state index < -0.39 is 0 Å². The smallest absolute Gasteiger partial charge is 0.227 e. The highest BCUT2D eigenvalue weighted by molar-refractivity contribution is 6.08. The van der Waals surface area contributed by atoms with E-state index in [0.29, 0.717) is 17.5 Å². The van der Waals surface area contributed by atoms with Crippen molar-refractivity contribution < 1.29 is 9.15 Å². The van der Waals surface area contributed by atoms with E-state index in [-0.39, 0.29) is 0 Å². The average Bonchev–Trinajstić information content (AvgIpc) is 3.48. The van der Waals surface area contributed by atoms with Gasteiger partial charge >= 0.3 is 0 Å². The summed E-state index contributed by atoms with van der Waals surface area (Å²) in [5, 5.41) is 1.99. The number of hydrogen-bond donors (Lipinski definition) is 0. The van der Waals surface area contributed by atoms with Crippen LogP contribution in [0.2, 0.25) is 0 Å². The third kappa shape index (κ3) is 4.86. The predicted octanol–water partition coefficient (Wildman–Crippen LogP) is 10.2. The highest BCUT2D eigenvalue weighted by Gasteiger charge is 2.16. The van der Waals surface area contributed by atoms with E-state index >= 15 is 0 Å². The van der Waals surface area contributed by atoms with E-state index in [2.05, 4.69) is 59.6 Å². The molecule has 0 bridgehead atoms. The lowest BCUT2D eigenvalue weighted by atomic mass is 10.0. The predicted molar refractivity (Wildman–Crippen MR) is 175 cm³/mol. The van der Waals surface area contributed by atoms with Crippen LogP contribution in [0.25, 0.3) is 66.8 Å². The first-order valence-corrected chi connectivity index (χ1v) is 14.4. The summed E-state index contributed by atoms with van der Waals surface area (Å²) in [5.74, 6) is 0.901. The van der Waals surface area contributed by atoms with Crippen molar-refractivity contribution in [2.75, 3.05) is 0 Å². The van der Waals surface area contributed by atoms with Crippen LogP contribution in [0.1, 0.15) is 0 Å². The van der Waals surface area contributed by atoms with Crippen LogP contribution in [0, 0.1) is 0 Å². The van der Waals surface area contributed by atoms with E-state index in [1.165, 1.54) is 0 Å². The van der Waals surface area contributed by atoms with E-state index in [0.717, 1.165) is 61.1 Å². The average molecular weight is 568 g/mol. The van der Waals surface area contributed by atoms with Crippen LogP contribution in [0.15, 0.2) is 156 Å². The number of rotatable bonds is 6. The lowest BCUT2D eigenvalue weighted by Gasteiger charge is -2.12. The quantitative estimate of drug-likeness (QED) is 0.200. The third-order valence-corrected chi connectivity index (χ3v) is 7.66. The summed E-state index contributed by atoms with van der Waals surface area (Å²) in [6.07, 6.45) is 1.75. The van der Waals surface area contributed by atoms with Crippen molar-refractivity contribution in [2.24, 2.45) is 0 Å². The second kappa shape index (κ2) is 11.0. The number of ether oxygens (including phenoxy) is 1. The zero-order valence-electron chi connectivity index (χ0n) is 23.6. The molecule has 4 aromatic carbocycles. The van der Waals surface area contributed by atoms with E-state index in [4.69, 9.17) is 19.1 Å². The minimum atomic E-state index is 0.440. The summed E-state index contributed by atoms with van der Waals surface area (Å²) in [7, 11) is 0. The van der Waals surface area contributed by atoms with Crippen molar-refractivity contribution in [3.63, 3.8) is 0 Å². The van der Waals surface area contributed by atoms with Crippen molar-refractivity contribution in [3.05, 3.63) is 152 Å². The van der Waals surface area contributed by atoms with Crippen molar-refractivity contribution in [1.82, 2.24) is 15.0 Å². The van der Waals surface area contributed by atoms with Gasteiger partial charge in [-0.3, -0.25) is 0 Å². The number of fused-ring (bicyclic) bond motifs is 3. The fraction of sp³-hybridized carbons (Fsp3) is 0. The number of nitrogens with zero attached hydrogens (tertiary/aromatic N) is 3. The zero-order chi connectivity index (χ0) is 29.3. The first-order chi connectivity index (χ1) is 21.8. The molecule has 4 heterocycles. The monoisotopic (exact) mass is 567 g/mol.